The number of methoxy groups -OCH3 is 1. The zero-order valence-corrected chi connectivity index (χ0v) is 18.8. The van der Waals surface area contributed by atoms with Gasteiger partial charge in [0.2, 0.25) is 5.89 Å². The fraction of sp³-hybridized carbons (Fsp3) is 0.217. The van der Waals surface area contributed by atoms with Crippen LogP contribution in [0, 0.1) is 12.7 Å². The molecule has 10 nitrogen and oxygen atoms in total. The number of carbonyl (C=O) groups is 1. The van der Waals surface area contributed by atoms with Gasteiger partial charge < -0.3 is 24.9 Å². The molecule has 0 aliphatic rings. The van der Waals surface area contributed by atoms with Gasteiger partial charge in [0.05, 0.1) is 20.3 Å². The first-order valence-corrected chi connectivity index (χ1v) is 10.4. The summed E-state index contributed by atoms with van der Waals surface area (Å²) < 4.78 is 31.5. The van der Waals surface area contributed by atoms with Crippen molar-refractivity contribution < 1.29 is 23.1 Å². The number of nitrogen functional groups attached to an aromatic ring is 1. The van der Waals surface area contributed by atoms with Gasteiger partial charge in [-0.3, -0.25) is 4.79 Å². The Labute approximate surface area is 194 Å². The van der Waals surface area contributed by atoms with E-state index in [1.807, 2.05) is 13.0 Å². The van der Waals surface area contributed by atoms with Crippen molar-refractivity contribution in [2.45, 2.75) is 20.4 Å². The number of aryl methyl sites for hydroxylation is 1. The highest BCUT2D eigenvalue weighted by atomic mass is 19.1. The molecule has 4 rings (SSSR count). The zero-order valence-electron chi connectivity index (χ0n) is 18.8. The number of anilines is 2. The van der Waals surface area contributed by atoms with Gasteiger partial charge in [0.15, 0.2) is 23.0 Å². The number of oxazole rings is 1. The number of nitrogens with zero attached hydrogens (tertiary/aromatic N) is 4. The second-order valence-corrected chi connectivity index (χ2v) is 7.27. The summed E-state index contributed by atoms with van der Waals surface area (Å²) >= 11 is 0. The monoisotopic (exact) mass is 466 g/mol. The Bertz CT molecular complexity index is 1330. The van der Waals surface area contributed by atoms with E-state index in [0.717, 1.165) is 0 Å². The first kappa shape index (κ1) is 22.8. The van der Waals surface area contributed by atoms with Crippen molar-refractivity contribution in [3.63, 3.8) is 0 Å². The van der Waals surface area contributed by atoms with Crippen LogP contribution in [-0.4, -0.2) is 39.6 Å². The molecule has 0 aliphatic carbocycles. The molecule has 2 aromatic carbocycles. The highest BCUT2D eigenvalue weighted by molar-refractivity contribution is 6.05. The number of amides is 1. The molecule has 0 radical (unpaired) electrons. The highest BCUT2D eigenvalue weighted by Crippen LogP contribution is 2.33. The molecular formula is C23H23FN6O4. The number of benzene rings is 2. The summed E-state index contributed by atoms with van der Waals surface area (Å²) in [7, 11) is 1.56. The summed E-state index contributed by atoms with van der Waals surface area (Å²) in [4.78, 5) is 17.1. The molecule has 0 saturated heterocycles. The minimum atomic E-state index is -0.603. The van der Waals surface area contributed by atoms with E-state index in [0.29, 0.717) is 41.0 Å². The molecule has 0 unspecified atom stereocenters. The van der Waals surface area contributed by atoms with E-state index in [1.54, 1.807) is 32.2 Å². The Hall–Kier alpha value is -4.41. The summed E-state index contributed by atoms with van der Waals surface area (Å²) in [5.74, 6) is 1.09. The van der Waals surface area contributed by atoms with Crippen LogP contribution in [-0.2, 0) is 6.54 Å². The molecule has 0 saturated carbocycles. The normalized spacial score (nSPS) is 10.8. The fourth-order valence-electron chi connectivity index (χ4n) is 3.27. The molecule has 0 atom stereocenters. The van der Waals surface area contributed by atoms with Gasteiger partial charge in [-0.25, -0.2) is 14.1 Å². The van der Waals surface area contributed by atoms with Gasteiger partial charge in [0.1, 0.15) is 17.3 Å². The van der Waals surface area contributed by atoms with E-state index in [9.17, 15) is 9.18 Å². The maximum absolute atomic E-state index is 13.4. The van der Waals surface area contributed by atoms with Crippen LogP contribution in [0.15, 0.2) is 46.9 Å². The predicted octanol–water partition coefficient (Wildman–Crippen LogP) is 3.67. The molecule has 0 fully saturated rings. The maximum Gasteiger partial charge on any atom is 0.280 e. The Balaban J connectivity index is 1.53. The number of hydrogen-bond donors (Lipinski definition) is 2. The summed E-state index contributed by atoms with van der Waals surface area (Å²) in [5, 5.41) is 10.4. The van der Waals surface area contributed by atoms with Crippen molar-refractivity contribution in [1.82, 2.24) is 20.0 Å². The van der Waals surface area contributed by atoms with E-state index in [-0.39, 0.29) is 23.7 Å². The Kier molecular flexibility index (Phi) is 6.44. The van der Waals surface area contributed by atoms with Crippen LogP contribution in [0.2, 0.25) is 0 Å². The summed E-state index contributed by atoms with van der Waals surface area (Å²) in [6.45, 7) is 4.31. The third kappa shape index (κ3) is 4.68. The van der Waals surface area contributed by atoms with Gasteiger partial charge in [-0.05, 0) is 50.2 Å². The highest BCUT2D eigenvalue weighted by Gasteiger charge is 2.20. The molecule has 2 aromatic heterocycles. The lowest BCUT2D eigenvalue weighted by molar-refractivity contribution is 0.102. The molecule has 11 heteroatoms. The van der Waals surface area contributed by atoms with Crippen molar-refractivity contribution in [2.75, 3.05) is 24.8 Å². The van der Waals surface area contributed by atoms with Crippen molar-refractivity contribution in [3.05, 3.63) is 65.4 Å². The third-order valence-corrected chi connectivity index (χ3v) is 4.97. The van der Waals surface area contributed by atoms with Crippen molar-refractivity contribution in [2.24, 2.45) is 0 Å². The number of hydrogen-bond acceptors (Lipinski definition) is 8. The maximum atomic E-state index is 13.4. The van der Waals surface area contributed by atoms with E-state index in [2.05, 4.69) is 20.6 Å². The average Bonchev–Trinajstić information content (AvgIpc) is 3.37. The fourth-order valence-corrected chi connectivity index (χ4v) is 3.27. The van der Waals surface area contributed by atoms with E-state index in [4.69, 9.17) is 19.6 Å². The molecule has 0 spiro atoms. The number of aromatic nitrogens is 4. The molecule has 2 heterocycles. The number of halogens is 1. The van der Waals surface area contributed by atoms with Crippen LogP contribution >= 0.6 is 0 Å². The Morgan fingerprint density at radius 2 is 2.06 bits per heavy atom. The van der Waals surface area contributed by atoms with Crippen LogP contribution in [0.1, 0.15) is 28.9 Å². The van der Waals surface area contributed by atoms with Gasteiger partial charge in [-0.15, -0.1) is 5.10 Å². The van der Waals surface area contributed by atoms with Crippen LogP contribution in [0.3, 0.4) is 0 Å². The minimum Gasteiger partial charge on any atom is -0.493 e. The van der Waals surface area contributed by atoms with Crippen molar-refractivity contribution in [1.29, 1.82) is 0 Å². The SMILES string of the molecule is CCOc1ccc(-c2nc(Cn3nnc(C(=O)Nc4cccc(F)c4)c3N)c(C)o2)cc1OC. The molecule has 1 amide bonds. The molecule has 4 aromatic rings. The van der Waals surface area contributed by atoms with Crippen LogP contribution in [0.4, 0.5) is 15.9 Å². The smallest absolute Gasteiger partial charge is 0.280 e. The van der Waals surface area contributed by atoms with E-state index >= 15 is 0 Å². The summed E-state index contributed by atoms with van der Waals surface area (Å²) in [6.07, 6.45) is 0. The molecule has 3 N–H and O–H groups in total. The lowest BCUT2D eigenvalue weighted by atomic mass is 10.2. The minimum absolute atomic E-state index is 0.0422. The van der Waals surface area contributed by atoms with Gasteiger partial charge in [-0.2, -0.15) is 0 Å². The average molecular weight is 466 g/mol. The topological polar surface area (TPSA) is 130 Å². The number of nitrogens with two attached hydrogens (primary N) is 1. The van der Waals surface area contributed by atoms with Gasteiger partial charge in [-0.1, -0.05) is 11.3 Å². The molecule has 176 valence electrons. The van der Waals surface area contributed by atoms with Gasteiger partial charge in [0, 0.05) is 11.3 Å². The van der Waals surface area contributed by atoms with Crippen LogP contribution < -0.4 is 20.5 Å². The van der Waals surface area contributed by atoms with Crippen LogP contribution in [0.25, 0.3) is 11.5 Å². The number of ether oxygens (including phenoxy) is 2. The van der Waals surface area contributed by atoms with Crippen molar-refractivity contribution >= 4 is 17.4 Å². The first-order valence-electron chi connectivity index (χ1n) is 10.4. The zero-order chi connectivity index (χ0) is 24.2. The number of rotatable bonds is 8. The third-order valence-electron chi connectivity index (χ3n) is 4.97. The van der Waals surface area contributed by atoms with Crippen molar-refractivity contribution in [3.8, 4) is 23.0 Å². The lowest BCUT2D eigenvalue weighted by Crippen LogP contribution is -2.15. The molecular weight excluding hydrogens is 443 g/mol. The van der Waals surface area contributed by atoms with E-state index < -0.39 is 11.7 Å². The number of carbonyl (C=O) groups excluding carboxylic acids is 1. The molecule has 0 aliphatic heterocycles. The first-order chi connectivity index (χ1) is 16.4. The quantitative estimate of drug-likeness (QED) is 0.402. The molecule has 34 heavy (non-hydrogen) atoms. The summed E-state index contributed by atoms with van der Waals surface area (Å²) in [5.41, 5.74) is 7.57. The van der Waals surface area contributed by atoms with Gasteiger partial charge in [0.25, 0.3) is 5.91 Å². The Morgan fingerprint density at radius 1 is 1.24 bits per heavy atom. The van der Waals surface area contributed by atoms with E-state index in [1.165, 1.54) is 22.9 Å². The second-order valence-electron chi connectivity index (χ2n) is 7.27. The largest absolute Gasteiger partial charge is 0.493 e. The lowest BCUT2D eigenvalue weighted by Gasteiger charge is -2.09. The summed E-state index contributed by atoms with van der Waals surface area (Å²) in [6, 6.07) is 10.9. The standard InChI is InChI=1S/C23H23FN6O4/c1-4-33-18-9-8-14(10-19(18)32-3)23-27-17(13(2)34-23)12-30-21(25)20(28-29-30)22(31)26-16-7-5-6-15(24)11-16/h5-11H,4,12,25H2,1-3H3,(H,26,31). The van der Waals surface area contributed by atoms with Crippen LogP contribution in [0.5, 0.6) is 11.5 Å². The molecule has 0 bridgehead atoms. The second kappa shape index (κ2) is 9.61. The Morgan fingerprint density at radius 3 is 2.79 bits per heavy atom. The predicted molar refractivity (Wildman–Crippen MR) is 122 cm³/mol. The van der Waals surface area contributed by atoms with Gasteiger partial charge >= 0.3 is 0 Å². The number of nitrogens with one attached hydrogen (secondary N) is 1.